The van der Waals surface area contributed by atoms with E-state index in [2.05, 4.69) is 22.0 Å². The molecule has 0 aliphatic heterocycles. The molecule has 19 heavy (non-hydrogen) atoms. The van der Waals surface area contributed by atoms with Crippen molar-refractivity contribution in [1.29, 1.82) is 0 Å². The Morgan fingerprint density at radius 1 is 1.05 bits per heavy atom. The van der Waals surface area contributed by atoms with Crippen LogP contribution in [0.1, 0.15) is 51.9 Å². The van der Waals surface area contributed by atoms with E-state index in [1.165, 1.54) is 19.3 Å². The number of nitrogens with one attached hydrogen (secondary N) is 1. The normalized spacial score (nSPS) is 11.9. The lowest BCUT2D eigenvalue weighted by Gasteiger charge is -2.13. The van der Waals surface area contributed by atoms with E-state index in [0.29, 0.717) is 6.54 Å². The van der Waals surface area contributed by atoms with Crippen LogP contribution in [0.4, 0.5) is 0 Å². The van der Waals surface area contributed by atoms with Gasteiger partial charge in [0.1, 0.15) is 6.04 Å². The molecular formula is C12H23NO6. The average molecular weight is 277 g/mol. The Bertz CT molecular complexity index is 259. The zero-order valence-electron chi connectivity index (χ0n) is 11.3. The van der Waals surface area contributed by atoms with Crippen LogP contribution in [0, 0.1) is 0 Å². The molecule has 0 aromatic rings. The van der Waals surface area contributed by atoms with Gasteiger partial charge >= 0.3 is 11.9 Å². The fourth-order valence-corrected chi connectivity index (χ4v) is 1.69. The largest absolute Gasteiger partial charge is 0.359 e. The van der Waals surface area contributed by atoms with Gasteiger partial charge in [-0.2, -0.15) is 10.5 Å². The summed E-state index contributed by atoms with van der Waals surface area (Å²) in [5, 5.41) is 19.2. The highest BCUT2D eigenvalue weighted by atomic mass is 17.1. The number of hydrogen-bond donors (Lipinski definition) is 3. The zero-order chi connectivity index (χ0) is 14.5. The molecule has 1 unspecified atom stereocenters. The average Bonchev–Trinajstić information content (AvgIpc) is 2.43. The summed E-state index contributed by atoms with van der Waals surface area (Å²) < 4.78 is 0. The van der Waals surface area contributed by atoms with Crippen molar-refractivity contribution in [3.8, 4) is 0 Å². The number of unbranched alkanes of at least 4 members (excludes halogenated alkanes) is 5. The molecule has 0 aromatic carbocycles. The molecular weight excluding hydrogens is 254 g/mol. The first-order valence-corrected chi connectivity index (χ1v) is 6.58. The second-order valence-corrected chi connectivity index (χ2v) is 4.35. The number of rotatable bonds is 11. The molecule has 7 heteroatoms. The second-order valence-electron chi connectivity index (χ2n) is 4.35. The van der Waals surface area contributed by atoms with Gasteiger partial charge in [0.2, 0.25) is 0 Å². The summed E-state index contributed by atoms with van der Waals surface area (Å²) in [5.74, 6) is -1.94. The fourth-order valence-electron chi connectivity index (χ4n) is 1.69. The van der Waals surface area contributed by atoms with E-state index in [9.17, 15) is 9.59 Å². The van der Waals surface area contributed by atoms with Gasteiger partial charge in [-0.3, -0.25) is 4.89 Å². The molecule has 112 valence electrons. The van der Waals surface area contributed by atoms with Gasteiger partial charge in [0.15, 0.2) is 0 Å². The molecule has 3 N–H and O–H groups in total. The molecule has 7 nitrogen and oxygen atoms in total. The first kappa shape index (κ1) is 17.8. The van der Waals surface area contributed by atoms with Crippen molar-refractivity contribution in [2.45, 2.75) is 57.9 Å². The van der Waals surface area contributed by atoms with Gasteiger partial charge in [0.25, 0.3) is 0 Å². The molecule has 0 saturated carbocycles. The van der Waals surface area contributed by atoms with Crippen molar-refractivity contribution >= 4 is 11.9 Å². The quantitative estimate of drug-likeness (QED) is 0.300. The zero-order valence-corrected chi connectivity index (χ0v) is 11.3. The summed E-state index contributed by atoms with van der Waals surface area (Å²) in [6, 6.07) is -1.01. The van der Waals surface area contributed by atoms with Crippen molar-refractivity contribution in [3.05, 3.63) is 0 Å². The Morgan fingerprint density at radius 2 is 1.68 bits per heavy atom. The molecule has 0 aliphatic carbocycles. The van der Waals surface area contributed by atoms with Crippen LogP contribution in [-0.4, -0.2) is 35.0 Å². The Morgan fingerprint density at radius 3 is 2.26 bits per heavy atom. The van der Waals surface area contributed by atoms with Crippen molar-refractivity contribution in [2.75, 3.05) is 6.54 Å². The van der Waals surface area contributed by atoms with Gasteiger partial charge in [0.05, 0.1) is 6.42 Å². The summed E-state index contributed by atoms with van der Waals surface area (Å²) in [4.78, 5) is 29.0. The van der Waals surface area contributed by atoms with E-state index >= 15 is 0 Å². The lowest BCUT2D eigenvalue weighted by Crippen LogP contribution is -2.40. The molecule has 0 spiro atoms. The van der Waals surface area contributed by atoms with Gasteiger partial charge in [-0.05, 0) is 13.0 Å². The van der Waals surface area contributed by atoms with E-state index < -0.39 is 24.4 Å². The second kappa shape index (κ2) is 11.9. The van der Waals surface area contributed by atoms with E-state index in [1.54, 1.807) is 0 Å². The SMILES string of the molecule is CCCCCCCCNC(CC(=O)OO)C(=O)OO. The molecule has 0 aliphatic rings. The molecule has 0 heterocycles. The first-order valence-electron chi connectivity index (χ1n) is 6.58. The van der Waals surface area contributed by atoms with E-state index in [0.717, 1.165) is 19.3 Å². The summed E-state index contributed by atoms with van der Waals surface area (Å²) in [5.41, 5.74) is 0. The number of carbonyl (C=O) groups excluding carboxylic acids is 2. The van der Waals surface area contributed by atoms with Crippen molar-refractivity contribution in [2.24, 2.45) is 0 Å². The van der Waals surface area contributed by atoms with Gasteiger partial charge in [-0.15, -0.1) is 0 Å². The standard InChI is InChI=1S/C12H23NO6/c1-2-3-4-5-6-7-8-13-10(12(15)19-17)9-11(14)18-16/h10,13,16-17H,2-9H2,1H3. The molecule has 0 amide bonds. The van der Waals surface area contributed by atoms with Gasteiger partial charge < -0.3 is 10.2 Å². The van der Waals surface area contributed by atoms with Gasteiger partial charge in [-0.1, -0.05) is 39.0 Å². The maximum absolute atomic E-state index is 11.1. The summed E-state index contributed by atoms with van der Waals surface area (Å²) in [6.07, 6.45) is 6.21. The molecule has 1 atom stereocenters. The number of carbonyl (C=O) groups is 2. The molecule has 0 bridgehead atoms. The van der Waals surface area contributed by atoms with E-state index in [1.807, 2.05) is 0 Å². The van der Waals surface area contributed by atoms with Crippen LogP contribution in [0.2, 0.25) is 0 Å². The third-order valence-electron chi connectivity index (χ3n) is 2.77. The molecule has 0 radical (unpaired) electrons. The van der Waals surface area contributed by atoms with Gasteiger partial charge in [0, 0.05) is 0 Å². The highest BCUT2D eigenvalue weighted by molar-refractivity contribution is 5.82. The molecule has 0 aromatic heterocycles. The van der Waals surface area contributed by atoms with Crippen LogP contribution < -0.4 is 5.32 Å². The Labute approximate surface area is 112 Å². The Balaban J connectivity index is 3.80. The topological polar surface area (TPSA) is 105 Å². The third-order valence-corrected chi connectivity index (χ3v) is 2.77. The van der Waals surface area contributed by atoms with Crippen LogP contribution in [0.25, 0.3) is 0 Å². The summed E-state index contributed by atoms with van der Waals surface area (Å²) in [7, 11) is 0. The Hall–Kier alpha value is -1.18. The smallest absolute Gasteiger partial charge is 0.304 e. The predicted molar refractivity (Wildman–Crippen MR) is 67.2 cm³/mol. The fraction of sp³-hybridized carbons (Fsp3) is 0.833. The molecule has 0 fully saturated rings. The Kier molecular flexibility index (Phi) is 11.1. The maximum Gasteiger partial charge on any atom is 0.359 e. The van der Waals surface area contributed by atoms with Crippen molar-refractivity contribution in [1.82, 2.24) is 5.32 Å². The highest BCUT2D eigenvalue weighted by Crippen LogP contribution is 2.05. The van der Waals surface area contributed by atoms with Gasteiger partial charge in [-0.25, -0.2) is 9.59 Å². The van der Waals surface area contributed by atoms with Crippen LogP contribution >= 0.6 is 0 Å². The highest BCUT2D eigenvalue weighted by Gasteiger charge is 2.24. The number of hydrogen-bond acceptors (Lipinski definition) is 7. The minimum absolute atomic E-state index is 0.397. The van der Waals surface area contributed by atoms with Crippen LogP contribution in [0.5, 0.6) is 0 Å². The molecule has 0 saturated heterocycles. The van der Waals surface area contributed by atoms with Crippen LogP contribution in [-0.2, 0) is 19.4 Å². The predicted octanol–water partition coefficient (Wildman–Crippen LogP) is 1.73. The van der Waals surface area contributed by atoms with Crippen molar-refractivity contribution in [3.63, 3.8) is 0 Å². The lowest BCUT2D eigenvalue weighted by atomic mass is 10.1. The monoisotopic (exact) mass is 277 g/mol. The van der Waals surface area contributed by atoms with Crippen LogP contribution in [0.15, 0.2) is 0 Å². The summed E-state index contributed by atoms with van der Waals surface area (Å²) >= 11 is 0. The lowest BCUT2D eigenvalue weighted by molar-refractivity contribution is -0.242. The summed E-state index contributed by atoms with van der Waals surface area (Å²) in [6.45, 7) is 2.66. The van der Waals surface area contributed by atoms with Crippen molar-refractivity contribution < 1.29 is 29.9 Å². The van der Waals surface area contributed by atoms with E-state index in [4.69, 9.17) is 10.5 Å². The third kappa shape index (κ3) is 9.40. The maximum atomic E-state index is 11.1. The minimum Gasteiger partial charge on any atom is -0.304 e. The van der Waals surface area contributed by atoms with E-state index in [-0.39, 0.29) is 0 Å². The van der Waals surface area contributed by atoms with Crippen LogP contribution in [0.3, 0.4) is 0 Å². The minimum atomic E-state index is -1.01. The molecule has 0 rings (SSSR count). The first-order chi connectivity index (χ1) is 9.15.